The highest BCUT2D eigenvalue weighted by Crippen LogP contribution is 2.35. The summed E-state index contributed by atoms with van der Waals surface area (Å²) in [6, 6.07) is 5.19. The maximum Gasteiger partial charge on any atom is 0.0325 e. The highest BCUT2D eigenvalue weighted by molar-refractivity contribution is 9.10. The van der Waals surface area contributed by atoms with E-state index in [4.69, 9.17) is 0 Å². The Labute approximate surface area is 132 Å². The molecular formula is C18H28BrN. The van der Waals surface area contributed by atoms with Crippen molar-refractivity contribution in [3.63, 3.8) is 0 Å². The molecule has 0 spiro atoms. The summed E-state index contributed by atoms with van der Waals surface area (Å²) in [6.07, 6.45) is 8.24. The van der Waals surface area contributed by atoms with Crippen molar-refractivity contribution in [2.24, 2.45) is 5.92 Å². The molecule has 1 nitrogen and oxygen atoms in total. The first kappa shape index (κ1) is 16.0. The number of nitrogens with one attached hydrogen (secondary N) is 1. The standard InChI is InChI=1S/C18H28BrN/c1-4-9-20-18(12-15-7-5-6-8-15)16-10-14(3)17(19)11-13(16)2/h10-11,15,18,20H,4-9,12H2,1-3H3. The average Bonchev–Trinajstić information content (AvgIpc) is 2.92. The quantitative estimate of drug-likeness (QED) is 0.703. The summed E-state index contributed by atoms with van der Waals surface area (Å²) in [4.78, 5) is 0. The smallest absolute Gasteiger partial charge is 0.0325 e. The second-order valence-electron chi connectivity index (χ2n) is 6.35. The van der Waals surface area contributed by atoms with Gasteiger partial charge in [0.1, 0.15) is 0 Å². The molecule has 0 aromatic heterocycles. The van der Waals surface area contributed by atoms with E-state index in [-0.39, 0.29) is 0 Å². The normalized spacial score (nSPS) is 17.6. The average molecular weight is 338 g/mol. The Kier molecular flexibility index (Phi) is 6.10. The lowest BCUT2D eigenvalue weighted by atomic mass is 9.90. The van der Waals surface area contributed by atoms with Crippen molar-refractivity contribution < 1.29 is 0 Å². The summed E-state index contributed by atoms with van der Waals surface area (Å²) in [6.45, 7) is 7.81. The molecule has 1 aromatic carbocycles. The fraction of sp³-hybridized carbons (Fsp3) is 0.667. The minimum Gasteiger partial charge on any atom is -0.310 e. The maximum atomic E-state index is 3.78. The summed E-state index contributed by atoms with van der Waals surface area (Å²) in [5.41, 5.74) is 4.26. The van der Waals surface area contributed by atoms with Crippen LogP contribution < -0.4 is 5.32 Å². The number of halogens is 1. The van der Waals surface area contributed by atoms with Gasteiger partial charge in [0.2, 0.25) is 0 Å². The third-order valence-corrected chi connectivity index (χ3v) is 5.46. The second kappa shape index (κ2) is 7.61. The molecule has 1 N–H and O–H groups in total. The van der Waals surface area contributed by atoms with Crippen LogP contribution in [-0.4, -0.2) is 6.54 Å². The molecule has 2 heteroatoms. The van der Waals surface area contributed by atoms with Crippen LogP contribution in [-0.2, 0) is 0 Å². The van der Waals surface area contributed by atoms with E-state index >= 15 is 0 Å². The molecule has 1 unspecified atom stereocenters. The van der Waals surface area contributed by atoms with Gasteiger partial charge in [-0.3, -0.25) is 0 Å². The molecule has 0 radical (unpaired) electrons. The van der Waals surface area contributed by atoms with Gasteiger partial charge in [-0.05, 0) is 61.9 Å². The first-order valence-corrected chi connectivity index (χ1v) is 8.91. The molecule has 20 heavy (non-hydrogen) atoms. The number of hydrogen-bond acceptors (Lipinski definition) is 1. The summed E-state index contributed by atoms with van der Waals surface area (Å²) in [5, 5.41) is 3.78. The summed E-state index contributed by atoms with van der Waals surface area (Å²) in [5.74, 6) is 0.924. The molecule has 0 heterocycles. The van der Waals surface area contributed by atoms with Gasteiger partial charge in [0.15, 0.2) is 0 Å². The summed E-state index contributed by atoms with van der Waals surface area (Å²) >= 11 is 3.65. The van der Waals surface area contributed by atoms with Gasteiger partial charge in [0.25, 0.3) is 0 Å². The van der Waals surface area contributed by atoms with Crippen LogP contribution in [0.2, 0.25) is 0 Å². The van der Waals surface area contributed by atoms with Crippen molar-refractivity contribution in [2.45, 2.75) is 65.3 Å². The molecule has 1 atom stereocenters. The van der Waals surface area contributed by atoms with E-state index in [1.165, 1.54) is 59.7 Å². The van der Waals surface area contributed by atoms with E-state index < -0.39 is 0 Å². The van der Waals surface area contributed by atoms with E-state index in [1.807, 2.05) is 0 Å². The van der Waals surface area contributed by atoms with Gasteiger partial charge < -0.3 is 5.32 Å². The Hall–Kier alpha value is -0.340. The first-order chi connectivity index (χ1) is 9.61. The SMILES string of the molecule is CCCNC(CC1CCCC1)c1cc(C)c(Br)cc1C. The Bertz CT molecular complexity index is 435. The molecule has 0 aliphatic heterocycles. The van der Waals surface area contributed by atoms with Gasteiger partial charge in [0.05, 0.1) is 0 Å². The number of aryl methyl sites for hydroxylation is 2. The zero-order valence-corrected chi connectivity index (χ0v) is 14.7. The Morgan fingerprint density at radius 1 is 1.20 bits per heavy atom. The molecule has 1 aliphatic rings. The highest BCUT2D eigenvalue weighted by Gasteiger charge is 2.22. The maximum absolute atomic E-state index is 3.78. The predicted octanol–water partition coefficient (Wildman–Crippen LogP) is 5.69. The number of rotatable bonds is 6. The van der Waals surface area contributed by atoms with E-state index in [1.54, 1.807) is 0 Å². The van der Waals surface area contributed by atoms with Gasteiger partial charge in [0, 0.05) is 10.5 Å². The molecule has 1 fully saturated rings. The monoisotopic (exact) mass is 337 g/mol. The zero-order chi connectivity index (χ0) is 14.5. The third kappa shape index (κ3) is 4.08. The van der Waals surface area contributed by atoms with E-state index in [2.05, 4.69) is 54.2 Å². The van der Waals surface area contributed by atoms with E-state index in [9.17, 15) is 0 Å². The molecular weight excluding hydrogens is 310 g/mol. The first-order valence-electron chi connectivity index (χ1n) is 8.11. The second-order valence-corrected chi connectivity index (χ2v) is 7.21. The van der Waals surface area contributed by atoms with Gasteiger partial charge in [-0.15, -0.1) is 0 Å². The molecule has 0 saturated heterocycles. The lowest BCUT2D eigenvalue weighted by molar-refractivity contribution is 0.394. The van der Waals surface area contributed by atoms with Crippen LogP contribution in [0.5, 0.6) is 0 Å². The van der Waals surface area contributed by atoms with E-state index in [0.717, 1.165) is 12.5 Å². The number of hydrogen-bond donors (Lipinski definition) is 1. The van der Waals surface area contributed by atoms with Crippen LogP contribution in [0.1, 0.15) is 68.2 Å². The third-order valence-electron chi connectivity index (χ3n) is 4.61. The fourth-order valence-electron chi connectivity index (χ4n) is 3.40. The molecule has 2 rings (SSSR count). The summed E-state index contributed by atoms with van der Waals surface area (Å²) < 4.78 is 1.23. The van der Waals surface area contributed by atoms with Crippen LogP contribution in [0.3, 0.4) is 0 Å². The van der Waals surface area contributed by atoms with Crippen LogP contribution in [0.15, 0.2) is 16.6 Å². The van der Waals surface area contributed by atoms with Crippen molar-refractivity contribution >= 4 is 15.9 Å². The zero-order valence-electron chi connectivity index (χ0n) is 13.1. The largest absolute Gasteiger partial charge is 0.310 e. The van der Waals surface area contributed by atoms with Crippen molar-refractivity contribution in [3.05, 3.63) is 33.3 Å². The van der Waals surface area contributed by atoms with Gasteiger partial charge in [-0.25, -0.2) is 0 Å². The molecule has 1 saturated carbocycles. The van der Waals surface area contributed by atoms with Crippen molar-refractivity contribution in [3.8, 4) is 0 Å². The van der Waals surface area contributed by atoms with Gasteiger partial charge in [-0.2, -0.15) is 0 Å². The number of benzene rings is 1. The van der Waals surface area contributed by atoms with Crippen LogP contribution in [0.25, 0.3) is 0 Å². The predicted molar refractivity (Wildman–Crippen MR) is 91.2 cm³/mol. The Morgan fingerprint density at radius 2 is 1.90 bits per heavy atom. The molecule has 0 bridgehead atoms. The topological polar surface area (TPSA) is 12.0 Å². The Balaban J connectivity index is 2.18. The van der Waals surface area contributed by atoms with Crippen LogP contribution in [0.4, 0.5) is 0 Å². The molecule has 0 amide bonds. The lowest BCUT2D eigenvalue weighted by Crippen LogP contribution is -2.25. The van der Waals surface area contributed by atoms with Crippen molar-refractivity contribution in [1.29, 1.82) is 0 Å². The minimum atomic E-state index is 0.532. The van der Waals surface area contributed by atoms with Crippen LogP contribution >= 0.6 is 15.9 Å². The Morgan fingerprint density at radius 3 is 2.55 bits per heavy atom. The minimum absolute atomic E-state index is 0.532. The van der Waals surface area contributed by atoms with Crippen LogP contribution in [0, 0.1) is 19.8 Å². The van der Waals surface area contributed by atoms with Gasteiger partial charge >= 0.3 is 0 Å². The molecule has 1 aromatic rings. The highest BCUT2D eigenvalue weighted by atomic mass is 79.9. The van der Waals surface area contributed by atoms with Gasteiger partial charge in [-0.1, -0.05) is 54.6 Å². The van der Waals surface area contributed by atoms with Crippen molar-refractivity contribution in [1.82, 2.24) is 5.32 Å². The van der Waals surface area contributed by atoms with E-state index in [0.29, 0.717) is 6.04 Å². The summed E-state index contributed by atoms with van der Waals surface area (Å²) in [7, 11) is 0. The molecule has 1 aliphatic carbocycles. The fourth-order valence-corrected chi connectivity index (χ4v) is 3.85. The lowest BCUT2D eigenvalue weighted by Gasteiger charge is -2.25. The molecule has 112 valence electrons. The van der Waals surface area contributed by atoms with Crippen molar-refractivity contribution in [2.75, 3.05) is 6.54 Å².